The monoisotopic (exact) mass is 292 g/mol. The Balaban J connectivity index is 2.26. The lowest BCUT2D eigenvalue weighted by Gasteiger charge is -2.10. The average Bonchev–Trinajstić information content (AvgIpc) is 2.39. The molecule has 0 aliphatic carbocycles. The fourth-order valence-electron chi connectivity index (χ4n) is 1.63. The molecule has 5 heteroatoms. The molecule has 1 amide bonds. The lowest BCUT2D eigenvalue weighted by atomic mass is 10.2. The number of nitrogens with one attached hydrogen (secondary N) is 1. The minimum absolute atomic E-state index is 0.251. The molecule has 2 aromatic rings. The van der Waals surface area contributed by atoms with Crippen molar-refractivity contribution < 1.29 is 4.79 Å². The van der Waals surface area contributed by atoms with Crippen molar-refractivity contribution in [1.82, 2.24) is 4.98 Å². The summed E-state index contributed by atoms with van der Waals surface area (Å²) in [4.78, 5) is 17.3. The average molecular weight is 293 g/mol. The molecule has 2 rings (SSSR count). The second-order valence-corrected chi connectivity index (χ2v) is 5.22. The van der Waals surface area contributed by atoms with Crippen molar-refractivity contribution in [3.05, 3.63) is 52.8 Å². The summed E-state index contributed by atoms with van der Waals surface area (Å²) in [5.74, 6) is -0.251. The van der Waals surface area contributed by atoms with Crippen LogP contribution in [0.25, 0.3) is 0 Å². The van der Waals surface area contributed by atoms with Crippen LogP contribution in [0.5, 0.6) is 0 Å². The van der Waals surface area contributed by atoms with Crippen LogP contribution in [0.15, 0.2) is 41.4 Å². The van der Waals surface area contributed by atoms with Crippen molar-refractivity contribution in [2.75, 3.05) is 11.6 Å². The molecule has 98 valence electrons. The first-order valence-electron chi connectivity index (χ1n) is 5.68. The van der Waals surface area contributed by atoms with Crippen LogP contribution in [0.2, 0.25) is 5.02 Å². The number of carbonyl (C=O) groups excluding carboxylic acids is 1. The number of para-hydroxylation sites is 1. The first kappa shape index (κ1) is 13.9. The van der Waals surface area contributed by atoms with Crippen molar-refractivity contribution in [2.45, 2.75) is 11.8 Å². The zero-order chi connectivity index (χ0) is 13.8. The highest BCUT2D eigenvalue weighted by molar-refractivity contribution is 7.98. The van der Waals surface area contributed by atoms with Gasteiger partial charge in [-0.2, -0.15) is 0 Å². The molecule has 0 saturated heterocycles. The number of benzene rings is 1. The fraction of sp³-hybridized carbons (Fsp3) is 0.143. The lowest BCUT2D eigenvalue weighted by molar-refractivity contribution is 0.102. The van der Waals surface area contributed by atoms with Gasteiger partial charge in [0.1, 0.15) is 0 Å². The van der Waals surface area contributed by atoms with Crippen LogP contribution in [-0.4, -0.2) is 17.1 Å². The third-order valence-corrected chi connectivity index (χ3v) is 3.70. The first-order valence-corrected chi connectivity index (χ1v) is 7.28. The third-order valence-electron chi connectivity index (χ3n) is 2.59. The zero-order valence-corrected chi connectivity index (χ0v) is 12.2. The van der Waals surface area contributed by atoms with Gasteiger partial charge in [-0.15, -0.1) is 11.8 Å². The Labute approximate surface area is 121 Å². The van der Waals surface area contributed by atoms with Crippen LogP contribution < -0.4 is 5.32 Å². The van der Waals surface area contributed by atoms with Crippen LogP contribution >= 0.6 is 23.4 Å². The van der Waals surface area contributed by atoms with Gasteiger partial charge in [0.15, 0.2) is 0 Å². The summed E-state index contributed by atoms with van der Waals surface area (Å²) < 4.78 is 0. The molecule has 0 aliphatic rings. The van der Waals surface area contributed by atoms with Gasteiger partial charge in [0.2, 0.25) is 0 Å². The van der Waals surface area contributed by atoms with Gasteiger partial charge in [0.25, 0.3) is 5.91 Å². The Hall–Kier alpha value is -1.52. The number of rotatable bonds is 3. The van der Waals surface area contributed by atoms with E-state index in [2.05, 4.69) is 10.3 Å². The number of nitrogens with zero attached hydrogens (tertiary/aromatic N) is 1. The molecule has 1 aromatic carbocycles. The number of hydrogen-bond acceptors (Lipinski definition) is 3. The standard InChI is InChI=1S/C14H13ClN2OS/c1-9-7-11(15)10(8-16-9)14(18)17-12-5-3-4-6-13(12)19-2/h3-8H,1-2H3,(H,17,18). The van der Waals surface area contributed by atoms with E-state index in [-0.39, 0.29) is 5.91 Å². The Morgan fingerprint density at radius 3 is 2.79 bits per heavy atom. The number of anilines is 1. The summed E-state index contributed by atoms with van der Waals surface area (Å²) in [6.45, 7) is 1.83. The van der Waals surface area contributed by atoms with Crippen LogP contribution in [0.4, 0.5) is 5.69 Å². The Bertz CT molecular complexity index is 616. The van der Waals surface area contributed by atoms with Crippen LogP contribution in [0.1, 0.15) is 16.1 Å². The van der Waals surface area contributed by atoms with Gasteiger partial charge >= 0.3 is 0 Å². The zero-order valence-electron chi connectivity index (χ0n) is 10.6. The van der Waals surface area contributed by atoms with E-state index in [4.69, 9.17) is 11.6 Å². The molecule has 0 atom stereocenters. The number of carbonyl (C=O) groups is 1. The summed E-state index contributed by atoms with van der Waals surface area (Å²) in [7, 11) is 0. The maximum absolute atomic E-state index is 12.2. The summed E-state index contributed by atoms with van der Waals surface area (Å²) in [6.07, 6.45) is 3.46. The Kier molecular flexibility index (Phi) is 4.45. The number of thioether (sulfide) groups is 1. The van der Waals surface area contributed by atoms with Gasteiger partial charge in [0, 0.05) is 16.8 Å². The smallest absolute Gasteiger partial charge is 0.258 e. The van der Waals surface area contributed by atoms with E-state index in [1.165, 1.54) is 6.20 Å². The highest BCUT2D eigenvalue weighted by atomic mass is 35.5. The van der Waals surface area contributed by atoms with Crippen molar-refractivity contribution in [3.63, 3.8) is 0 Å². The van der Waals surface area contributed by atoms with Crippen molar-refractivity contribution in [2.24, 2.45) is 0 Å². The fourth-order valence-corrected chi connectivity index (χ4v) is 2.48. The quantitative estimate of drug-likeness (QED) is 0.869. The molecule has 0 saturated carbocycles. The molecule has 1 aromatic heterocycles. The predicted octanol–water partition coefficient (Wildman–Crippen LogP) is 4.02. The Morgan fingerprint density at radius 2 is 2.11 bits per heavy atom. The van der Waals surface area contributed by atoms with E-state index in [9.17, 15) is 4.79 Å². The van der Waals surface area contributed by atoms with Crippen LogP contribution in [0.3, 0.4) is 0 Å². The van der Waals surface area contributed by atoms with Crippen molar-refractivity contribution in [3.8, 4) is 0 Å². The molecule has 0 bridgehead atoms. The highest BCUT2D eigenvalue weighted by Crippen LogP contribution is 2.26. The van der Waals surface area contributed by atoms with Gasteiger partial charge in [0.05, 0.1) is 16.3 Å². The summed E-state index contributed by atoms with van der Waals surface area (Å²) in [5, 5.41) is 3.26. The van der Waals surface area contributed by atoms with E-state index >= 15 is 0 Å². The summed E-state index contributed by atoms with van der Waals surface area (Å²) >= 11 is 7.63. The number of amides is 1. The molecule has 1 N–H and O–H groups in total. The van der Waals surface area contributed by atoms with Gasteiger partial charge in [-0.3, -0.25) is 9.78 Å². The molecule has 3 nitrogen and oxygen atoms in total. The number of aromatic nitrogens is 1. The molecule has 0 radical (unpaired) electrons. The molecule has 0 aliphatic heterocycles. The largest absolute Gasteiger partial charge is 0.321 e. The van der Waals surface area contributed by atoms with Gasteiger partial charge < -0.3 is 5.32 Å². The van der Waals surface area contributed by atoms with E-state index < -0.39 is 0 Å². The van der Waals surface area contributed by atoms with Crippen LogP contribution in [-0.2, 0) is 0 Å². The number of hydrogen-bond donors (Lipinski definition) is 1. The second-order valence-electron chi connectivity index (χ2n) is 3.96. The SMILES string of the molecule is CSc1ccccc1NC(=O)c1cnc(C)cc1Cl. The topological polar surface area (TPSA) is 42.0 Å². The van der Waals surface area contributed by atoms with E-state index in [1.54, 1.807) is 17.8 Å². The summed E-state index contributed by atoms with van der Waals surface area (Å²) in [6, 6.07) is 9.30. The molecule has 1 heterocycles. The maximum atomic E-state index is 12.2. The third kappa shape index (κ3) is 3.28. The van der Waals surface area contributed by atoms with Gasteiger partial charge in [-0.1, -0.05) is 23.7 Å². The van der Waals surface area contributed by atoms with Crippen molar-refractivity contribution in [1.29, 1.82) is 0 Å². The maximum Gasteiger partial charge on any atom is 0.258 e. The van der Waals surface area contributed by atoms with E-state index in [0.717, 1.165) is 16.3 Å². The summed E-state index contributed by atoms with van der Waals surface area (Å²) in [5.41, 5.74) is 1.94. The molecule has 0 fully saturated rings. The first-order chi connectivity index (χ1) is 9.11. The normalized spacial score (nSPS) is 10.3. The van der Waals surface area contributed by atoms with Gasteiger partial charge in [-0.05, 0) is 31.4 Å². The molecule has 19 heavy (non-hydrogen) atoms. The lowest BCUT2D eigenvalue weighted by Crippen LogP contribution is -2.13. The number of pyridine rings is 1. The van der Waals surface area contributed by atoms with Gasteiger partial charge in [-0.25, -0.2) is 0 Å². The molecule has 0 unspecified atom stereocenters. The Morgan fingerprint density at radius 1 is 1.37 bits per heavy atom. The second kappa shape index (κ2) is 6.08. The number of halogens is 1. The number of aryl methyl sites for hydroxylation is 1. The highest BCUT2D eigenvalue weighted by Gasteiger charge is 2.12. The molecule has 0 spiro atoms. The van der Waals surface area contributed by atoms with Crippen LogP contribution in [0, 0.1) is 6.92 Å². The molecular weight excluding hydrogens is 280 g/mol. The van der Waals surface area contributed by atoms with Crippen molar-refractivity contribution >= 4 is 35.0 Å². The predicted molar refractivity (Wildman–Crippen MR) is 80.2 cm³/mol. The molecular formula is C14H13ClN2OS. The minimum Gasteiger partial charge on any atom is -0.321 e. The van der Waals surface area contributed by atoms with E-state index in [1.807, 2.05) is 37.4 Å². The minimum atomic E-state index is -0.251. The van der Waals surface area contributed by atoms with E-state index in [0.29, 0.717) is 10.6 Å².